The lowest BCUT2D eigenvalue weighted by molar-refractivity contribution is 0.0697. The molecule has 2 atom stereocenters. The van der Waals surface area contributed by atoms with Gasteiger partial charge in [0.1, 0.15) is 6.04 Å². The lowest BCUT2D eigenvalue weighted by atomic mass is 10.0. The number of carboxylic acid groups (broad SMARTS) is 1. The molecule has 1 saturated heterocycles. The minimum Gasteiger partial charge on any atom is -0.478 e. The second kappa shape index (κ2) is 8.52. The maximum atomic E-state index is 11.6. The SMILES string of the molecule is Cc1cccc(N2C(=S)NC(c3ccccn3)C2c2cccn2-c2cccc(C(=O)O)c2)c1. The van der Waals surface area contributed by atoms with E-state index in [9.17, 15) is 9.90 Å². The molecule has 0 spiro atoms. The lowest BCUT2D eigenvalue weighted by Gasteiger charge is -2.29. The molecular weight excluding hydrogens is 432 g/mol. The summed E-state index contributed by atoms with van der Waals surface area (Å²) in [7, 11) is 0. The normalized spacial score (nSPS) is 17.7. The fourth-order valence-electron chi connectivity index (χ4n) is 4.37. The zero-order chi connectivity index (χ0) is 22.9. The van der Waals surface area contributed by atoms with Gasteiger partial charge in [0, 0.05) is 29.5 Å². The van der Waals surface area contributed by atoms with Crippen molar-refractivity contribution in [3.05, 3.63) is 114 Å². The molecule has 2 N–H and O–H groups in total. The highest BCUT2D eigenvalue weighted by Crippen LogP contribution is 2.42. The van der Waals surface area contributed by atoms with Crippen LogP contribution in [-0.2, 0) is 0 Å². The summed E-state index contributed by atoms with van der Waals surface area (Å²) in [4.78, 5) is 18.3. The molecule has 6 nitrogen and oxygen atoms in total. The molecule has 5 rings (SSSR count). The van der Waals surface area contributed by atoms with Gasteiger partial charge in [-0.3, -0.25) is 4.98 Å². The average molecular weight is 455 g/mol. The van der Waals surface area contributed by atoms with Gasteiger partial charge in [0.25, 0.3) is 0 Å². The molecule has 3 heterocycles. The summed E-state index contributed by atoms with van der Waals surface area (Å²) < 4.78 is 2.02. The minimum atomic E-state index is -0.956. The average Bonchev–Trinajstić information content (AvgIpc) is 3.44. The molecule has 0 aliphatic carbocycles. The van der Waals surface area contributed by atoms with Crippen molar-refractivity contribution in [1.82, 2.24) is 14.9 Å². The van der Waals surface area contributed by atoms with E-state index in [1.54, 1.807) is 24.4 Å². The predicted octanol–water partition coefficient (Wildman–Crippen LogP) is 5.06. The van der Waals surface area contributed by atoms with Crippen LogP contribution in [0.5, 0.6) is 0 Å². The second-order valence-electron chi connectivity index (χ2n) is 7.99. The fraction of sp³-hybridized carbons (Fsp3) is 0.115. The first kappa shape index (κ1) is 20.9. The number of pyridine rings is 1. The van der Waals surface area contributed by atoms with Crippen molar-refractivity contribution >= 4 is 29.0 Å². The van der Waals surface area contributed by atoms with Crippen molar-refractivity contribution in [1.29, 1.82) is 0 Å². The first-order chi connectivity index (χ1) is 16.0. The molecule has 2 aromatic heterocycles. The molecule has 0 amide bonds. The van der Waals surface area contributed by atoms with E-state index in [0.717, 1.165) is 28.3 Å². The van der Waals surface area contributed by atoms with Crippen LogP contribution in [0.25, 0.3) is 5.69 Å². The summed E-state index contributed by atoms with van der Waals surface area (Å²) in [6, 6.07) is 24.7. The second-order valence-corrected chi connectivity index (χ2v) is 8.38. The van der Waals surface area contributed by atoms with Crippen LogP contribution in [-0.4, -0.2) is 25.7 Å². The summed E-state index contributed by atoms with van der Waals surface area (Å²) >= 11 is 5.81. The monoisotopic (exact) mass is 454 g/mol. The number of aromatic carboxylic acids is 1. The van der Waals surface area contributed by atoms with Crippen LogP contribution in [0.2, 0.25) is 0 Å². The molecule has 1 aliphatic rings. The van der Waals surface area contributed by atoms with Gasteiger partial charge >= 0.3 is 5.97 Å². The van der Waals surface area contributed by atoms with E-state index < -0.39 is 5.97 Å². The minimum absolute atomic E-state index is 0.185. The summed E-state index contributed by atoms with van der Waals surface area (Å²) in [5, 5.41) is 13.6. The number of nitrogens with one attached hydrogen (secondary N) is 1. The number of carboxylic acids is 1. The van der Waals surface area contributed by atoms with Crippen LogP contribution in [0, 0.1) is 6.92 Å². The van der Waals surface area contributed by atoms with E-state index in [1.165, 1.54) is 0 Å². The van der Waals surface area contributed by atoms with Crippen LogP contribution in [0.3, 0.4) is 0 Å². The van der Waals surface area contributed by atoms with Crippen LogP contribution in [0.1, 0.15) is 39.4 Å². The maximum absolute atomic E-state index is 11.6. The maximum Gasteiger partial charge on any atom is 0.335 e. The summed E-state index contributed by atoms with van der Waals surface area (Å²) in [6.45, 7) is 2.06. The zero-order valence-corrected chi connectivity index (χ0v) is 18.7. The van der Waals surface area contributed by atoms with Gasteiger partial charge in [-0.2, -0.15) is 0 Å². The van der Waals surface area contributed by atoms with E-state index in [0.29, 0.717) is 5.11 Å². The van der Waals surface area contributed by atoms with Crippen LogP contribution < -0.4 is 10.2 Å². The molecule has 0 radical (unpaired) electrons. The third-order valence-electron chi connectivity index (χ3n) is 5.83. The fourth-order valence-corrected chi connectivity index (χ4v) is 4.72. The topological polar surface area (TPSA) is 70.4 Å². The zero-order valence-electron chi connectivity index (χ0n) is 17.9. The number of hydrogen-bond donors (Lipinski definition) is 2. The first-order valence-corrected chi connectivity index (χ1v) is 11.0. The lowest BCUT2D eigenvalue weighted by Crippen LogP contribution is -2.30. The Kier molecular flexibility index (Phi) is 5.40. The molecule has 164 valence electrons. The molecule has 0 saturated carbocycles. The predicted molar refractivity (Wildman–Crippen MR) is 132 cm³/mol. The van der Waals surface area contributed by atoms with E-state index >= 15 is 0 Å². The Balaban J connectivity index is 1.67. The standard InChI is InChI=1S/C26H22N4O2S/c1-17-7-4-10-20(15-17)30-24(23(28-26(30)33)21-11-2-3-13-27-21)22-12-6-14-29(22)19-9-5-8-18(16-19)25(31)32/h2-16,23-24H,1H3,(H,28,33)(H,31,32). The van der Waals surface area contributed by atoms with Gasteiger partial charge in [0.2, 0.25) is 0 Å². The van der Waals surface area contributed by atoms with E-state index in [-0.39, 0.29) is 17.6 Å². The molecule has 33 heavy (non-hydrogen) atoms. The van der Waals surface area contributed by atoms with Crippen molar-refractivity contribution in [3.8, 4) is 5.69 Å². The van der Waals surface area contributed by atoms with Gasteiger partial charge in [-0.15, -0.1) is 0 Å². The number of hydrogen-bond acceptors (Lipinski definition) is 3. The van der Waals surface area contributed by atoms with E-state index in [1.807, 2.05) is 59.3 Å². The van der Waals surface area contributed by atoms with Crippen molar-refractivity contribution in [2.75, 3.05) is 4.90 Å². The van der Waals surface area contributed by atoms with Crippen molar-refractivity contribution < 1.29 is 9.90 Å². The third-order valence-corrected chi connectivity index (χ3v) is 6.15. The van der Waals surface area contributed by atoms with Gasteiger partial charge in [0.05, 0.1) is 17.3 Å². The van der Waals surface area contributed by atoms with Crippen LogP contribution in [0.15, 0.2) is 91.3 Å². The highest BCUT2D eigenvalue weighted by molar-refractivity contribution is 7.80. The molecule has 2 aromatic carbocycles. The highest BCUT2D eigenvalue weighted by Gasteiger charge is 2.42. The number of nitrogens with zero attached hydrogens (tertiary/aromatic N) is 3. The number of anilines is 1. The Morgan fingerprint density at radius 2 is 1.82 bits per heavy atom. The molecule has 7 heteroatoms. The molecule has 0 bridgehead atoms. The Morgan fingerprint density at radius 3 is 2.58 bits per heavy atom. The van der Waals surface area contributed by atoms with Gasteiger partial charge in [-0.25, -0.2) is 4.79 Å². The van der Waals surface area contributed by atoms with E-state index in [4.69, 9.17) is 12.2 Å². The quantitative estimate of drug-likeness (QED) is 0.411. The summed E-state index contributed by atoms with van der Waals surface area (Å²) in [5.74, 6) is -0.956. The summed E-state index contributed by atoms with van der Waals surface area (Å²) in [6.07, 6.45) is 3.73. The Morgan fingerprint density at radius 1 is 1.00 bits per heavy atom. The number of rotatable bonds is 5. The Hall–Kier alpha value is -3.97. The number of thiocarbonyl (C=S) groups is 1. The Labute approximate surface area is 197 Å². The van der Waals surface area contributed by atoms with Gasteiger partial charge in [-0.05, 0) is 79.3 Å². The van der Waals surface area contributed by atoms with Crippen molar-refractivity contribution in [2.24, 2.45) is 0 Å². The largest absolute Gasteiger partial charge is 0.478 e. The third kappa shape index (κ3) is 3.87. The molecule has 1 fully saturated rings. The number of aromatic nitrogens is 2. The molecular formula is C26H22N4O2S. The van der Waals surface area contributed by atoms with E-state index in [2.05, 4.69) is 34.3 Å². The van der Waals surface area contributed by atoms with Gasteiger partial charge < -0.3 is 19.9 Å². The number of aryl methyl sites for hydroxylation is 1. The summed E-state index contributed by atoms with van der Waals surface area (Å²) in [5.41, 5.74) is 5.00. The molecule has 2 unspecified atom stereocenters. The Bertz CT molecular complexity index is 1330. The first-order valence-electron chi connectivity index (χ1n) is 10.6. The van der Waals surface area contributed by atoms with Gasteiger partial charge in [0.15, 0.2) is 5.11 Å². The van der Waals surface area contributed by atoms with Gasteiger partial charge in [-0.1, -0.05) is 24.3 Å². The number of benzene rings is 2. The van der Waals surface area contributed by atoms with Crippen LogP contribution in [0.4, 0.5) is 5.69 Å². The number of carbonyl (C=O) groups is 1. The van der Waals surface area contributed by atoms with Crippen LogP contribution >= 0.6 is 12.2 Å². The van der Waals surface area contributed by atoms with Crippen molar-refractivity contribution in [3.63, 3.8) is 0 Å². The highest BCUT2D eigenvalue weighted by atomic mass is 32.1. The van der Waals surface area contributed by atoms with Crippen molar-refractivity contribution in [2.45, 2.75) is 19.0 Å². The molecule has 4 aromatic rings. The molecule has 1 aliphatic heterocycles. The smallest absolute Gasteiger partial charge is 0.335 e.